The van der Waals surface area contributed by atoms with Crippen molar-refractivity contribution in [3.63, 3.8) is 0 Å². The molecule has 5 nitrogen and oxygen atoms in total. The van der Waals surface area contributed by atoms with Gasteiger partial charge in [0.2, 0.25) is 0 Å². The summed E-state index contributed by atoms with van der Waals surface area (Å²) in [6.07, 6.45) is 5.23. The minimum atomic E-state index is -3.26. The van der Waals surface area contributed by atoms with E-state index in [4.69, 9.17) is 0 Å². The van der Waals surface area contributed by atoms with E-state index in [1.807, 2.05) is 0 Å². The minimum Gasteiger partial charge on any atom is -0.467 e. The van der Waals surface area contributed by atoms with E-state index in [9.17, 15) is 27.2 Å². The fourth-order valence-electron chi connectivity index (χ4n) is 3.28. The van der Waals surface area contributed by atoms with E-state index < -0.39 is 47.5 Å². The largest absolute Gasteiger partial charge is 0.467 e. The predicted octanol–water partition coefficient (Wildman–Crippen LogP) is 3.81. The summed E-state index contributed by atoms with van der Waals surface area (Å²) in [5, 5.41) is 2.29. The molecule has 1 aromatic rings. The molecule has 0 spiro atoms. The maximum absolute atomic E-state index is 14.1. The third kappa shape index (κ3) is 5.83. The van der Waals surface area contributed by atoms with Gasteiger partial charge in [0.25, 0.3) is 5.91 Å². The van der Waals surface area contributed by atoms with Crippen LogP contribution >= 0.6 is 0 Å². The Balaban J connectivity index is 2.15. The van der Waals surface area contributed by atoms with Crippen molar-refractivity contribution in [2.75, 3.05) is 7.11 Å². The third-order valence-corrected chi connectivity index (χ3v) is 4.55. The fourth-order valence-corrected chi connectivity index (χ4v) is 3.28. The summed E-state index contributed by atoms with van der Waals surface area (Å²) in [6.45, 7) is -3.26. The van der Waals surface area contributed by atoms with Crippen LogP contribution in [0.2, 0.25) is 0 Å². The van der Waals surface area contributed by atoms with Crippen molar-refractivity contribution in [1.82, 2.24) is 5.32 Å². The van der Waals surface area contributed by atoms with Crippen LogP contribution in [0.4, 0.5) is 17.6 Å². The zero-order valence-electron chi connectivity index (χ0n) is 14.8. The highest BCUT2D eigenvalue weighted by molar-refractivity contribution is 5.97. The van der Waals surface area contributed by atoms with Gasteiger partial charge >= 0.3 is 12.6 Å². The summed E-state index contributed by atoms with van der Waals surface area (Å²) in [7, 11) is 1.15. The number of carbonyl (C=O) groups excluding carboxylic acids is 2. The van der Waals surface area contributed by atoms with E-state index in [0.717, 1.165) is 39.2 Å². The van der Waals surface area contributed by atoms with Gasteiger partial charge in [0.15, 0.2) is 0 Å². The lowest BCUT2D eigenvalue weighted by Crippen LogP contribution is -2.43. The Bertz CT molecular complexity index is 654. The van der Waals surface area contributed by atoms with Gasteiger partial charge in [-0.3, -0.25) is 4.79 Å². The smallest absolute Gasteiger partial charge is 0.387 e. The van der Waals surface area contributed by atoms with Crippen molar-refractivity contribution >= 4 is 11.9 Å². The second kappa shape index (κ2) is 9.57. The van der Waals surface area contributed by atoms with Crippen LogP contribution < -0.4 is 10.1 Å². The van der Waals surface area contributed by atoms with Crippen LogP contribution in [-0.2, 0) is 9.53 Å². The molecule has 1 aliphatic carbocycles. The van der Waals surface area contributed by atoms with Crippen LogP contribution in [0.25, 0.3) is 0 Å². The Labute approximate surface area is 154 Å². The van der Waals surface area contributed by atoms with E-state index >= 15 is 0 Å². The molecule has 1 aromatic carbocycles. The maximum Gasteiger partial charge on any atom is 0.387 e. The molecule has 1 N–H and O–H groups in total. The Morgan fingerprint density at radius 2 is 1.74 bits per heavy atom. The molecule has 1 fully saturated rings. The predicted molar refractivity (Wildman–Crippen MR) is 87.5 cm³/mol. The lowest BCUT2D eigenvalue weighted by atomic mass is 9.84. The van der Waals surface area contributed by atoms with Crippen molar-refractivity contribution in [1.29, 1.82) is 0 Å². The normalized spacial score (nSPS) is 16.1. The summed E-state index contributed by atoms with van der Waals surface area (Å²) in [4.78, 5) is 24.3. The van der Waals surface area contributed by atoms with Gasteiger partial charge in [0.05, 0.1) is 7.11 Å². The van der Waals surface area contributed by atoms with E-state index in [1.54, 1.807) is 0 Å². The van der Waals surface area contributed by atoms with Crippen LogP contribution in [0.3, 0.4) is 0 Å². The zero-order chi connectivity index (χ0) is 20.0. The number of amides is 1. The van der Waals surface area contributed by atoms with Crippen molar-refractivity contribution in [3.05, 3.63) is 29.3 Å². The molecule has 1 atom stereocenters. The van der Waals surface area contributed by atoms with Crippen molar-refractivity contribution in [2.24, 2.45) is 5.92 Å². The van der Waals surface area contributed by atoms with Crippen LogP contribution in [0.15, 0.2) is 12.1 Å². The first-order chi connectivity index (χ1) is 12.8. The molecule has 150 valence electrons. The maximum atomic E-state index is 14.1. The first kappa shape index (κ1) is 21.0. The van der Waals surface area contributed by atoms with Gasteiger partial charge in [-0.2, -0.15) is 8.78 Å². The number of rotatable bonds is 7. The summed E-state index contributed by atoms with van der Waals surface area (Å²) in [5.74, 6) is -5.18. The Morgan fingerprint density at radius 1 is 1.15 bits per heavy atom. The molecular formula is C18H21F4NO4. The summed E-state index contributed by atoms with van der Waals surface area (Å²) >= 11 is 0. The molecule has 0 bridgehead atoms. The van der Waals surface area contributed by atoms with Gasteiger partial charge in [-0.25, -0.2) is 13.6 Å². The highest BCUT2D eigenvalue weighted by atomic mass is 19.3. The summed E-state index contributed by atoms with van der Waals surface area (Å²) < 4.78 is 61.1. The lowest BCUT2D eigenvalue weighted by Gasteiger charge is -2.26. The zero-order valence-corrected chi connectivity index (χ0v) is 14.8. The van der Waals surface area contributed by atoms with Crippen LogP contribution in [0.5, 0.6) is 5.75 Å². The SMILES string of the molecule is COC(=O)[C@@H](CC1CCCCC1)NC(=O)c1c(F)cc(OC(F)F)cc1F. The highest BCUT2D eigenvalue weighted by Crippen LogP contribution is 2.28. The van der Waals surface area contributed by atoms with Gasteiger partial charge < -0.3 is 14.8 Å². The number of esters is 1. The second-order valence-corrected chi connectivity index (χ2v) is 6.43. The van der Waals surface area contributed by atoms with Gasteiger partial charge in [0.1, 0.15) is 29.0 Å². The Kier molecular flexibility index (Phi) is 7.44. The number of carbonyl (C=O) groups is 2. The average Bonchev–Trinajstić information content (AvgIpc) is 2.60. The number of halogens is 4. The lowest BCUT2D eigenvalue weighted by molar-refractivity contribution is -0.143. The van der Waals surface area contributed by atoms with Gasteiger partial charge in [-0.1, -0.05) is 32.1 Å². The molecule has 2 rings (SSSR count). The number of methoxy groups -OCH3 is 1. The molecule has 0 aromatic heterocycles. The average molecular weight is 391 g/mol. The third-order valence-electron chi connectivity index (χ3n) is 4.55. The molecule has 0 heterocycles. The molecule has 1 amide bonds. The van der Waals surface area contributed by atoms with Crippen molar-refractivity contribution in [2.45, 2.75) is 51.2 Å². The fraction of sp³-hybridized carbons (Fsp3) is 0.556. The molecule has 1 saturated carbocycles. The van der Waals surface area contributed by atoms with Gasteiger partial charge in [-0.15, -0.1) is 0 Å². The van der Waals surface area contributed by atoms with E-state index in [-0.39, 0.29) is 5.92 Å². The molecule has 1 aliphatic rings. The van der Waals surface area contributed by atoms with E-state index in [0.29, 0.717) is 18.6 Å². The number of hydrogen-bond donors (Lipinski definition) is 1. The van der Waals surface area contributed by atoms with Gasteiger partial charge in [-0.05, 0) is 12.3 Å². The number of alkyl halides is 2. The molecule has 27 heavy (non-hydrogen) atoms. The molecule has 0 saturated heterocycles. The number of hydrogen-bond acceptors (Lipinski definition) is 4. The monoisotopic (exact) mass is 391 g/mol. The molecule has 9 heteroatoms. The van der Waals surface area contributed by atoms with Crippen molar-refractivity contribution < 1.29 is 36.6 Å². The minimum absolute atomic E-state index is 0.194. The second-order valence-electron chi connectivity index (χ2n) is 6.43. The number of nitrogens with one attached hydrogen (secondary N) is 1. The summed E-state index contributed by atoms with van der Waals surface area (Å²) in [6, 6.07) is -0.0851. The highest BCUT2D eigenvalue weighted by Gasteiger charge is 2.29. The van der Waals surface area contributed by atoms with Crippen LogP contribution in [-0.4, -0.2) is 31.6 Å². The number of ether oxygens (including phenoxy) is 2. The molecule has 0 radical (unpaired) electrons. The first-order valence-electron chi connectivity index (χ1n) is 8.64. The molecule has 0 aliphatic heterocycles. The first-order valence-corrected chi connectivity index (χ1v) is 8.64. The van der Waals surface area contributed by atoms with Crippen LogP contribution in [0, 0.1) is 17.6 Å². The Morgan fingerprint density at radius 3 is 2.26 bits per heavy atom. The van der Waals surface area contributed by atoms with E-state index in [2.05, 4.69) is 14.8 Å². The number of benzene rings is 1. The van der Waals surface area contributed by atoms with E-state index in [1.165, 1.54) is 0 Å². The van der Waals surface area contributed by atoms with Gasteiger partial charge in [0, 0.05) is 12.1 Å². The quantitative estimate of drug-likeness (QED) is 0.567. The van der Waals surface area contributed by atoms with Crippen LogP contribution in [0.1, 0.15) is 48.9 Å². The standard InChI is InChI=1S/C18H21F4NO4/c1-26-17(25)14(7-10-5-3-2-4-6-10)23-16(24)15-12(19)8-11(9-13(15)20)27-18(21)22/h8-10,14,18H,2-7H2,1H3,(H,23,24)/t14-/m1/s1. The Hall–Kier alpha value is -2.32. The summed E-state index contributed by atoms with van der Waals surface area (Å²) in [5.41, 5.74) is -0.978. The molecule has 0 unspecified atom stereocenters. The van der Waals surface area contributed by atoms with Crippen molar-refractivity contribution in [3.8, 4) is 5.75 Å². The topological polar surface area (TPSA) is 64.6 Å². The molecular weight excluding hydrogens is 370 g/mol.